The van der Waals surface area contributed by atoms with Gasteiger partial charge in [-0.05, 0) is 33.6 Å². The number of ether oxygens (including phenoxy) is 1. The molecule has 1 unspecified atom stereocenters. The molecular weight excluding hydrogens is 399 g/mol. The van der Waals surface area contributed by atoms with E-state index in [1.54, 1.807) is 11.3 Å². The van der Waals surface area contributed by atoms with Gasteiger partial charge in [0.2, 0.25) is 0 Å². The fraction of sp³-hybridized carbons (Fsp3) is 0.714. The van der Waals surface area contributed by atoms with Crippen LogP contribution in [0.5, 0.6) is 0 Å². The Balaban J connectivity index is 0.00000220. The molecule has 7 heteroatoms. The third-order valence-corrected chi connectivity index (χ3v) is 4.30. The molecule has 0 aromatic carbocycles. The number of halogens is 1. The molecule has 1 aliphatic heterocycles. The number of thiazole rings is 1. The molecule has 5 nitrogen and oxygen atoms in total. The number of nitrogens with one attached hydrogen (secondary N) is 2. The monoisotopic (exact) mass is 424 g/mol. The molecule has 2 heterocycles. The third-order valence-electron chi connectivity index (χ3n) is 3.25. The summed E-state index contributed by atoms with van der Waals surface area (Å²) in [6.45, 7) is 9.40. The minimum atomic E-state index is 0. The molecule has 2 N–H and O–H groups in total. The number of aromatic nitrogens is 1. The Kier molecular flexibility index (Phi) is 8.50. The molecule has 0 bridgehead atoms. The first-order chi connectivity index (χ1) is 9.69. The standard InChI is InChI=1S/C14H24N4OS.HI/c1-4-15-14(16-8-12-6-5-7-19-12)17-9-13-10(2)18-11(3)20-13;/h12H,4-9H2,1-3H3,(H2,15,16,17);1H. The van der Waals surface area contributed by atoms with Gasteiger partial charge in [0.05, 0.1) is 23.4 Å². The molecule has 1 saturated heterocycles. The number of aryl methyl sites for hydroxylation is 2. The van der Waals surface area contributed by atoms with Crippen molar-refractivity contribution in [3.63, 3.8) is 0 Å². The summed E-state index contributed by atoms with van der Waals surface area (Å²) in [5, 5.41) is 7.73. The maximum atomic E-state index is 5.61. The first-order valence-corrected chi connectivity index (χ1v) is 8.07. The summed E-state index contributed by atoms with van der Waals surface area (Å²) in [6.07, 6.45) is 2.63. The maximum absolute atomic E-state index is 5.61. The van der Waals surface area contributed by atoms with E-state index in [-0.39, 0.29) is 24.0 Å². The van der Waals surface area contributed by atoms with Gasteiger partial charge in [-0.2, -0.15) is 0 Å². The molecule has 0 amide bonds. The number of hydrogen-bond acceptors (Lipinski definition) is 4. The second-order valence-electron chi connectivity index (χ2n) is 4.95. The van der Waals surface area contributed by atoms with Crippen LogP contribution in [-0.2, 0) is 11.3 Å². The topological polar surface area (TPSA) is 58.5 Å². The lowest BCUT2D eigenvalue weighted by Crippen LogP contribution is -2.41. The van der Waals surface area contributed by atoms with E-state index in [9.17, 15) is 0 Å². The van der Waals surface area contributed by atoms with Gasteiger partial charge in [-0.25, -0.2) is 9.98 Å². The van der Waals surface area contributed by atoms with Gasteiger partial charge in [0, 0.05) is 24.6 Å². The van der Waals surface area contributed by atoms with E-state index in [4.69, 9.17) is 4.74 Å². The minimum Gasteiger partial charge on any atom is -0.376 e. The lowest BCUT2D eigenvalue weighted by Gasteiger charge is -2.14. The second-order valence-corrected chi connectivity index (χ2v) is 6.24. The van der Waals surface area contributed by atoms with Crippen molar-refractivity contribution in [1.29, 1.82) is 0 Å². The first-order valence-electron chi connectivity index (χ1n) is 7.25. The molecule has 2 rings (SSSR count). The highest BCUT2D eigenvalue weighted by molar-refractivity contribution is 14.0. The molecule has 0 radical (unpaired) electrons. The van der Waals surface area contributed by atoms with Crippen LogP contribution in [0.2, 0.25) is 0 Å². The highest BCUT2D eigenvalue weighted by Gasteiger charge is 2.15. The van der Waals surface area contributed by atoms with Gasteiger partial charge >= 0.3 is 0 Å². The smallest absolute Gasteiger partial charge is 0.191 e. The van der Waals surface area contributed by atoms with E-state index >= 15 is 0 Å². The van der Waals surface area contributed by atoms with Crippen LogP contribution in [-0.4, -0.2) is 36.7 Å². The lowest BCUT2D eigenvalue weighted by atomic mass is 10.2. The van der Waals surface area contributed by atoms with Crippen molar-refractivity contribution in [3.8, 4) is 0 Å². The number of hydrogen-bond donors (Lipinski definition) is 2. The molecule has 1 atom stereocenters. The van der Waals surface area contributed by atoms with Crippen LogP contribution < -0.4 is 10.6 Å². The van der Waals surface area contributed by atoms with E-state index in [0.29, 0.717) is 12.6 Å². The normalized spacial score (nSPS) is 18.4. The van der Waals surface area contributed by atoms with E-state index in [1.165, 1.54) is 11.3 Å². The Bertz CT molecular complexity index is 458. The van der Waals surface area contributed by atoms with E-state index in [1.807, 2.05) is 13.8 Å². The zero-order valence-electron chi connectivity index (χ0n) is 12.9. The molecule has 1 fully saturated rings. The van der Waals surface area contributed by atoms with Crippen LogP contribution in [0.25, 0.3) is 0 Å². The van der Waals surface area contributed by atoms with Gasteiger partial charge < -0.3 is 15.4 Å². The molecule has 1 aromatic rings. The van der Waals surface area contributed by atoms with Gasteiger partial charge in [-0.3, -0.25) is 0 Å². The summed E-state index contributed by atoms with van der Waals surface area (Å²) in [5.41, 5.74) is 1.09. The summed E-state index contributed by atoms with van der Waals surface area (Å²) >= 11 is 1.72. The van der Waals surface area contributed by atoms with Gasteiger partial charge in [0.15, 0.2) is 5.96 Å². The molecule has 120 valence electrons. The van der Waals surface area contributed by atoms with Crippen LogP contribution in [0.3, 0.4) is 0 Å². The highest BCUT2D eigenvalue weighted by Crippen LogP contribution is 2.17. The van der Waals surface area contributed by atoms with Crippen molar-refractivity contribution in [2.24, 2.45) is 4.99 Å². The van der Waals surface area contributed by atoms with Crippen molar-refractivity contribution in [2.75, 3.05) is 19.7 Å². The summed E-state index contributed by atoms with van der Waals surface area (Å²) in [5.74, 6) is 0.855. The van der Waals surface area contributed by atoms with E-state index < -0.39 is 0 Å². The molecule has 21 heavy (non-hydrogen) atoms. The maximum Gasteiger partial charge on any atom is 0.191 e. The van der Waals surface area contributed by atoms with Crippen LogP contribution in [0.4, 0.5) is 0 Å². The fourth-order valence-electron chi connectivity index (χ4n) is 2.23. The lowest BCUT2D eigenvalue weighted by molar-refractivity contribution is 0.114. The second kappa shape index (κ2) is 9.58. The van der Waals surface area contributed by atoms with Gasteiger partial charge in [-0.1, -0.05) is 0 Å². The predicted octanol–water partition coefficient (Wildman–Crippen LogP) is 2.61. The zero-order chi connectivity index (χ0) is 14.4. The summed E-state index contributed by atoms with van der Waals surface area (Å²) in [6, 6.07) is 0. The quantitative estimate of drug-likeness (QED) is 0.434. The highest BCUT2D eigenvalue weighted by atomic mass is 127. The predicted molar refractivity (Wildman–Crippen MR) is 98.8 cm³/mol. The number of rotatable bonds is 5. The Hall–Kier alpha value is -0.410. The van der Waals surface area contributed by atoms with E-state index in [0.717, 1.165) is 42.8 Å². The van der Waals surface area contributed by atoms with Crippen molar-refractivity contribution >= 4 is 41.3 Å². The number of aliphatic imine (C=N–C) groups is 1. The van der Waals surface area contributed by atoms with Gasteiger partial charge in [-0.15, -0.1) is 35.3 Å². The fourth-order valence-corrected chi connectivity index (χ4v) is 3.09. The van der Waals surface area contributed by atoms with Crippen molar-refractivity contribution in [3.05, 3.63) is 15.6 Å². The van der Waals surface area contributed by atoms with Crippen LogP contribution >= 0.6 is 35.3 Å². The molecule has 0 spiro atoms. The zero-order valence-corrected chi connectivity index (χ0v) is 16.1. The largest absolute Gasteiger partial charge is 0.376 e. The van der Waals surface area contributed by atoms with Crippen LogP contribution in [0, 0.1) is 13.8 Å². The average molecular weight is 424 g/mol. The van der Waals surface area contributed by atoms with E-state index in [2.05, 4.69) is 27.5 Å². The Labute approximate surface area is 148 Å². The summed E-state index contributed by atoms with van der Waals surface area (Å²) in [7, 11) is 0. The Morgan fingerprint density at radius 2 is 2.24 bits per heavy atom. The molecular formula is C14H25IN4OS. The molecule has 1 aromatic heterocycles. The third kappa shape index (κ3) is 6.07. The Morgan fingerprint density at radius 3 is 2.81 bits per heavy atom. The number of nitrogens with zero attached hydrogens (tertiary/aromatic N) is 2. The summed E-state index contributed by atoms with van der Waals surface area (Å²) < 4.78 is 5.61. The molecule has 1 aliphatic rings. The SMILES string of the molecule is CCNC(=NCc1sc(C)nc1C)NCC1CCCO1.I. The van der Waals surface area contributed by atoms with Crippen LogP contribution in [0.15, 0.2) is 4.99 Å². The van der Waals surface area contributed by atoms with Gasteiger partial charge in [0.25, 0.3) is 0 Å². The van der Waals surface area contributed by atoms with Crippen molar-refractivity contribution < 1.29 is 4.74 Å². The van der Waals surface area contributed by atoms with Crippen LogP contribution in [0.1, 0.15) is 35.3 Å². The molecule has 0 saturated carbocycles. The van der Waals surface area contributed by atoms with Crippen molar-refractivity contribution in [2.45, 2.75) is 46.3 Å². The van der Waals surface area contributed by atoms with Crippen molar-refractivity contribution in [1.82, 2.24) is 15.6 Å². The molecule has 0 aliphatic carbocycles. The average Bonchev–Trinajstić information content (AvgIpc) is 3.03. The minimum absolute atomic E-state index is 0. The number of guanidine groups is 1. The van der Waals surface area contributed by atoms with Gasteiger partial charge in [0.1, 0.15) is 0 Å². The first kappa shape index (κ1) is 18.6. The Morgan fingerprint density at radius 1 is 1.43 bits per heavy atom. The summed E-state index contributed by atoms with van der Waals surface area (Å²) in [4.78, 5) is 10.3.